The molecule has 6 heteroatoms. The molecule has 0 saturated carbocycles. The van der Waals surface area contributed by atoms with Crippen molar-refractivity contribution in [1.29, 1.82) is 0 Å². The molecule has 1 aliphatic carbocycles. The summed E-state index contributed by atoms with van der Waals surface area (Å²) in [4.78, 5) is 12.7. The minimum Gasteiger partial charge on any atom is -0.380 e. The molecular weight excluding hydrogens is 338 g/mol. The number of amides is 1. The average molecular weight is 357 g/mol. The highest BCUT2D eigenvalue weighted by atomic mass is 32.2. The molecule has 2 aromatic rings. The molecule has 130 valence electrons. The van der Waals surface area contributed by atoms with E-state index in [0.717, 1.165) is 11.1 Å². The fraction of sp³-hybridized carbons (Fsp3) is 0.211. The molecular formula is C19H19NO4S. The molecule has 25 heavy (non-hydrogen) atoms. The first-order chi connectivity index (χ1) is 12.0. The van der Waals surface area contributed by atoms with Crippen LogP contribution in [0.1, 0.15) is 33.5 Å². The van der Waals surface area contributed by atoms with Gasteiger partial charge in [-0.25, -0.2) is 13.1 Å². The minimum atomic E-state index is -3.88. The Labute approximate surface area is 147 Å². The number of allylic oxidation sites excluding steroid dienone is 1. The van der Waals surface area contributed by atoms with Gasteiger partial charge in [-0.3, -0.25) is 4.79 Å². The van der Waals surface area contributed by atoms with Gasteiger partial charge in [-0.15, -0.1) is 0 Å². The second-order valence-corrected chi connectivity index (χ2v) is 7.57. The maximum atomic E-state index is 12.6. The lowest BCUT2D eigenvalue weighted by Gasteiger charge is -2.17. The van der Waals surface area contributed by atoms with Crippen molar-refractivity contribution in [2.24, 2.45) is 0 Å². The van der Waals surface area contributed by atoms with Crippen molar-refractivity contribution in [2.45, 2.75) is 19.4 Å². The number of sulfonamides is 1. The van der Waals surface area contributed by atoms with Gasteiger partial charge in [0.05, 0.1) is 11.5 Å². The predicted molar refractivity (Wildman–Crippen MR) is 96.3 cm³/mol. The number of carbonyl (C=O) groups is 1. The summed E-state index contributed by atoms with van der Waals surface area (Å²) in [5, 5.41) is 0. The van der Waals surface area contributed by atoms with Crippen LogP contribution in [-0.2, 0) is 27.8 Å². The van der Waals surface area contributed by atoms with E-state index in [9.17, 15) is 13.2 Å². The molecule has 0 saturated heterocycles. The van der Waals surface area contributed by atoms with Gasteiger partial charge < -0.3 is 4.74 Å². The van der Waals surface area contributed by atoms with Gasteiger partial charge in [0.15, 0.2) is 0 Å². The van der Waals surface area contributed by atoms with Crippen molar-refractivity contribution in [1.82, 2.24) is 4.72 Å². The quantitative estimate of drug-likeness (QED) is 0.893. The molecule has 0 spiro atoms. The van der Waals surface area contributed by atoms with Gasteiger partial charge in [0.25, 0.3) is 15.9 Å². The number of nitrogens with one attached hydrogen (secondary N) is 1. The highest BCUT2D eigenvalue weighted by molar-refractivity contribution is 7.94. The molecule has 0 fully saturated rings. The van der Waals surface area contributed by atoms with Crippen LogP contribution in [0.2, 0.25) is 0 Å². The van der Waals surface area contributed by atoms with Crippen molar-refractivity contribution in [3.05, 3.63) is 75.7 Å². The summed E-state index contributed by atoms with van der Waals surface area (Å²) in [6, 6.07) is 14.4. The Morgan fingerprint density at radius 3 is 2.60 bits per heavy atom. The van der Waals surface area contributed by atoms with Crippen LogP contribution in [0.3, 0.4) is 0 Å². The monoisotopic (exact) mass is 357 g/mol. The van der Waals surface area contributed by atoms with Crippen LogP contribution in [0.4, 0.5) is 0 Å². The van der Waals surface area contributed by atoms with Crippen LogP contribution in [-0.4, -0.2) is 21.4 Å². The van der Waals surface area contributed by atoms with Crippen molar-refractivity contribution in [3.8, 4) is 0 Å². The normalized spacial score (nSPS) is 13.7. The third kappa shape index (κ3) is 3.81. The lowest BCUT2D eigenvalue weighted by Crippen LogP contribution is -2.32. The lowest BCUT2D eigenvalue weighted by atomic mass is 9.98. The van der Waals surface area contributed by atoms with Gasteiger partial charge in [-0.05, 0) is 41.7 Å². The standard InChI is InChI=1S/C19H19NO4S/c1-24-13-16-8-4-5-9-18(16)19(21)20-25(22,23)17-11-10-14-6-2-3-7-15(14)12-17/h2-9,12H,10-11,13H2,1H3,(H,20,21). The highest BCUT2D eigenvalue weighted by Crippen LogP contribution is 2.26. The lowest BCUT2D eigenvalue weighted by molar-refractivity contribution is 0.0976. The summed E-state index contributed by atoms with van der Waals surface area (Å²) in [6.07, 6.45) is 2.65. The zero-order valence-electron chi connectivity index (χ0n) is 13.9. The SMILES string of the molecule is COCc1ccccc1C(=O)NS(=O)(=O)C1=Cc2ccccc2CC1. The first-order valence-corrected chi connectivity index (χ1v) is 9.42. The molecule has 2 aromatic carbocycles. The molecule has 0 heterocycles. The van der Waals surface area contributed by atoms with Crippen LogP contribution in [0.5, 0.6) is 0 Å². The number of hydrogen-bond donors (Lipinski definition) is 1. The molecule has 0 aliphatic heterocycles. The first-order valence-electron chi connectivity index (χ1n) is 7.94. The zero-order valence-corrected chi connectivity index (χ0v) is 14.7. The van der Waals surface area contributed by atoms with E-state index >= 15 is 0 Å². The van der Waals surface area contributed by atoms with Gasteiger partial charge >= 0.3 is 0 Å². The minimum absolute atomic E-state index is 0.226. The number of aryl methyl sites for hydroxylation is 1. The molecule has 1 aliphatic rings. The maximum Gasteiger partial charge on any atom is 0.265 e. The maximum absolute atomic E-state index is 12.6. The fourth-order valence-electron chi connectivity index (χ4n) is 2.88. The molecule has 0 atom stereocenters. The van der Waals surface area contributed by atoms with Crippen LogP contribution < -0.4 is 4.72 Å². The zero-order chi connectivity index (χ0) is 17.9. The Morgan fingerprint density at radius 2 is 1.80 bits per heavy atom. The second kappa shape index (κ2) is 7.21. The number of fused-ring (bicyclic) bond motifs is 1. The van der Waals surface area contributed by atoms with E-state index in [0.29, 0.717) is 24.0 Å². The molecule has 0 bridgehead atoms. The third-order valence-electron chi connectivity index (χ3n) is 4.15. The number of rotatable bonds is 5. The van der Waals surface area contributed by atoms with Crippen molar-refractivity contribution in [3.63, 3.8) is 0 Å². The van der Waals surface area contributed by atoms with E-state index in [4.69, 9.17) is 4.74 Å². The van der Waals surface area contributed by atoms with Gasteiger partial charge in [-0.2, -0.15) is 0 Å². The van der Waals surface area contributed by atoms with Gasteiger partial charge in [0, 0.05) is 12.7 Å². The summed E-state index contributed by atoms with van der Waals surface area (Å²) in [6.45, 7) is 0.236. The van der Waals surface area contributed by atoms with E-state index in [1.54, 1.807) is 30.3 Å². The summed E-state index contributed by atoms with van der Waals surface area (Å²) in [5.74, 6) is -0.646. The van der Waals surface area contributed by atoms with Crippen molar-refractivity contribution >= 4 is 22.0 Å². The van der Waals surface area contributed by atoms with Gasteiger partial charge in [0.2, 0.25) is 0 Å². The predicted octanol–water partition coefficient (Wildman–Crippen LogP) is 2.88. The fourth-order valence-corrected chi connectivity index (χ4v) is 4.02. The number of hydrogen-bond acceptors (Lipinski definition) is 4. The Bertz CT molecular complexity index is 932. The second-order valence-electron chi connectivity index (χ2n) is 5.83. The molecule has 0 aromatic heterocycles. The Morgan fingerprint density at radius 1 is 1.08 bits per heavy atom. The third-order valence-corrected chi connectivity index (χ3v) is 5.61. The molecule has 1 amide bonds. The average Bonchev–Trinajstić information content (AvgIpc) is 2.61. The molecule has 3 rings (SSSR count). The smallest absolute Gasteiger partial charge is 0.265 e. The summed E-state index contributed by atoms with van der Waals surface area (Å²) < 4.78 is 32.5. The van der Waals surface area contributed by atoms with Crippen LogP contribution >= 0.6 is 0 Å². The van der Waals surface area contributed by atoms with Crippen LogP contribution in [0, 0.1) is 0 Å². The number of carbonyl (C=O) groups excluding carboxylic acids is 1. The van der Waals surface area contributed by atoms with E-state index in [1.165, 1.54) is 7.11 Å². The van der Waals surface area contributed by atoms with Crippen molar-refractivity contribution < 1.29 is 17.9 Å². The number of ether oxygens (including phenoxy) is 1. The van der Waals surface area contributed by atoms with Gasteiger partial charge in [0.1, 0.15) is 0 Å². The highest BCUT2D eigenvalue weighted by Gasteiger charge is 2.25. The molecule has 0 unspecified atom stereocenters. The number of methoxy groups -OCH3 is 1. The first kappa shape index (κ1) is 17.4. The van der Waals surface area contributed by atoms with E-state index in [-0.39, 0.29) is 11.5 Å². The van der Waals surface area contributed by atoms with E-state index < -0.39 is 15.9 Å². The molecule has 1 N–H and O–H groups in total. The van der Waals surface area contributed by atoms with E-state index in [2.05, 4.69) is 4.72 Å². The van der Waals surface area contributed by atoms with E-state index in [1.807, 2.05) is 24.3 Å². The largest absolute Gasteiger partial charge is 0.380 e. The Kier molecular flexibility index (Phi) is 5.01. The van der Waals surface area contributed by atoms with Crippen LogP contribution in [0.15, 0.2) is 53.4 Å². The number of benzene rings is 2. The summed E-state index contributed by atoms with van der Waals surface area (Å²) >= 11 is 0. The Hall–Kier alpha value is -2.44. The molecule has 5 nitrogen and oxygen atoms in total. The van der Waals surface area contributed by atoms with Gasteiger partial charge in [-0.1, -0.05) is 42.5 Å². The van der Waals surface area contributed by atoms with Crippen LogP contribution in [0.25, 0.3) is 6.08 Å². The topological polar surface area (TPSA) is 72.5 Å². The summed E-state index contributed by atoms with van der Waals surface area (Å²) in [7, 11) is -2.36. The van der Waals surface area contributed by atoms with Crippen molar-refractivity contribution in [2.75, 3.05) is 7.11 Å². The molecule has 0 radical (unpaired) electrons. The summed E-state index contributed by atoms with van der Waals surface area (Å²) in [5.41, 5.74) is 2.92. The Balaban J connectivity index is 1.85.